The highest BCUT2D eigenvalue weighted by Gasteiger charge is 2.43. The van der Waals surface area contributed by atoms with Gasteiger partial charge < -0.3 is 10.0 Å². The van der Waals surface area contributed by atoms with Gasteiger partial charge in [-0.1, -0.05) is 24.3 Å². The van der Waals surface area contributed by atoms with E-state index in [9.17, 15) is 14.7 Å². The lowest BCUT2D eigenvalue weighted by Crippen LogP contribution is -2.51. The summed E-state index contributed by atoms with van der Waals surface area (Å²) in [5.74, 6) is -0.744. The number of carboxylic acids is 1. The third-order valence-electron chi connectivity index (χ3n) is 4.62. The molecule has 0 bridgehead atoms. The second-order valence-electron chi connectivity index (χ2n) is 5.83. The van der Waals surface area contributed by atoms with E-state index in [1.165, 1.54) is 0 Å². The van der Waals surface area contributed by atoms with Gasteiger partial charge in [0.2, 0.25) is 5.91 Å². The fourth-order valence-corrected chi connectivity index (χ4v) is 3.89. The van der Waals surface area contributed by atoms with Crippen LogP contribution in [0.25, 0.3) is 0 Å². The van der Waals surface area contributed by atoms with Gasteiger partial charge in [-0.3, -0.25) is 4.79 Å². The molecule has 2 aliphatic heterocycles. The van der Waals surface area contributed by atoms with Crippen molar-refractivity contribution in [2.45, 2.75) is 37.8 Å². The summed E-state index contributed by atoms with van der Waals surface area (Å²) < 4.78 is 0. The number of amides is 1. The first-order valence-electron chi connectivity index (χ1n) is 7.37. The van der Waals surface area contributed by atoms with Gasteiger partial charge in [0.15, 0.2) is 0 Å². The van der Waals surface area contributed by atoms with Gasteiger partial charge in [0, 0.05) is 5.75 Å². The first-order valence-corrected chi connectivity index (χ1v) is 8.00. The van der Waals surface area contributed by atoms with Gasteiger partial charge in [-0.25, -0.2) is 4.79 Å². The molecule has 5 heteroatoms. The minimum atomic E-state index is -0.898. The van der Waals surface area contributed by atoms with Crippen molar-refractivity contribution in [3.8, 4) is 0 Å². The Morgan fingerprint density at radius 1 is 1.33 bits per heavy atom. The molecule has 2 heterocycles. The Labute approximate surface area is 129 Å². The summed E-state index contributed by atoms with van der Waals surface area (Å²) in [5, 5.41) is 9.48. The predicted molar refractivity (Wildman–Crippen MR) is 82.4 cm³/mol. The maximum atomic E-state index is 12.8. The average Bonchev–Trinajstić information content (AvgIpc) is 2.62. The van der Waals surface area contributed by atoms with Crippen LogP contribution in [0.1, 0.15) is 36.4 Å². The number of thiol groups is 1. The molecule has 0 spiro atoms. The van der Waals surface area contributed by atoms with Crippen molar-refractivity contribution in [3.05, 3.63) is 35.4 Å². The first kappa shape index (κ1) is 14.4. The van der Waals surface area contributed by atoms with Gasteiger partial charge in [-0.2, -0.15) is 12.6 Å². The molecule has 1 aromatic carbocycles. The zero-order chi connectivity index (χ0) is 15.0. The van der Waals surface area contributed by atoms with E-state index in [0.717, 1.165) is 24.0 Å². The largest absolute Gasteiger partial charge is 0.480 e. The van der Waals surface area contributed by atoms with Crippen molar-refractivity contribution >= 4 is 24.5 Å². The zero-order valence-corrected chi connectivity index (χ0v) is 12.6. The maximum Gasteiger partial charge on any atom is 0.326 e. The second kappa shape index (κ2) is 5.72. The van der Waals surface area contributed by atoms with Gasteiger partial charge in [-0.15, -0.1) is 0 Å². The highest BCUT2D eigenvalue weighted by Crippen LogP contribution is 2.40. The van der Waals surface area contributed by atoms with Crippen molar-refractivity contribution in [1.29, 1.82) is 0 Å². The Hall–Kier alpha value is -1.49. The number of nitrogens with zero attached hydrogens (tertiary/aromatic N) is 1. The number of carbonyl (C=O) groups excluding carboxylic acids is 1. The van der Waals surface area contributed by atoms with E-state index in [4.69, 9.17) is 0 Å². The fraction of sp³-hybridized carbons (Fsp3) is 0.500. The number of carbonyl (C=O) groups is 2. The van der Waals surface area contributed by atoms with E-state index >= 15 is 0 Å². The smallest absolute Gasteiger partial charge is 0.326 e. The van der Waals surface area contributed by atoms with Crippen LogP contribution in [-0.2, 0) is 16.0 Å². The molecule has 2 aliphatic rings. The lowest BCUT2D eigenvalue weighted by atomic mass is 9.89. The molecule has 112 valence electrons. The summed E-state index contributed by atoms with van der Waals surface area (Å²) in [7, 11) is 0. The number of piperidine rings is 1. The molecule has 4 nitrogen and oxygen atoms in total. The number of aliphatic carboxylic acids is 1. The molecule has 3 atom stereocenters. The van der Waals surface area contributed by atoms with Crippen molar-refractivity contribution in [3.63, 3.8) is 0 Å². The van der Waals surface area contributed by atoms with Gasteiger partial charge in [0.05, 0.1) is 12.0 Å². The van der Waals surface area contributed by atoms with E-state index in [1.807, 2.05) is 24.3 Å². The lowest BCUT2D eigenvalue weighted by Gasteiger charge is -2.40. The molecule has 0 saturated carbocycles. The quantitative estimate of drug-likeness (QED) is 0.824. The molecule has 3 rings (SSSR count). The van der Waals surface area contributed by atoms with E-state index in [-0.39, 0.29) is 17.9 Å². The molecule has 0 aromatic heterocycles. The number of carboxylic acid groups (broad SMARTS) is 1. The molecular weight excluding hydrogens is 286 g/mol. The zero-order valence-electron chi connectivity index (χ0n) is 11.7. The molecule has 1 aromatic rings. The molecular formula is C16H19NO3S. The second-order valence-corrected chi connectivity index (χ2v) is 6.19. The van der Waals surface area contributed by atoms with Crippen LogP contribution >= 0.6 is 12.6 Å². The van der Waals surface area contributed by atoms with Crippen molar-refractivity contribution < 1.29 is 14.7 Å². The van der Waals surface area contributed by atoms with E-state index < -0.39 is 12.0 Å². The Bertz CT molecular complexity index is 574. The van der Waals surface area contributed by atoms with Crippen molar-refractivity contribution in [2.75, 3.05) is 5.75 Å². The van der Waals surface area contributed by atoms with Gasteiger partial charge in [0.25, 0.3) is 0 Å². The highest BCUT2D eigenvalue weighted by atomic mass is 32.1. The highest BCUT2D eigenvalue weighted by molar-refractivity contribution is 7.80. The maximum absolute atomic E-state index is 12.8. The van der Waals surface area contributed by atoms with Crippen LogP contribution < -0.4 is 0 Å². The van der Waals surface area contributed by atoms with E-state index in [0.29, 0.717) is 18.6 Å². The van der Waals surface area contributed by atoms with Crippen LogP contribution in [-0.4, -0.2) is 33.7 Å². The lowest BCUT2D eigenvalue weighted by molar-refractivity contribution is -0.156. The topological polar surface area (TPSA) is 57.6 Å². The van der Waals surface area contributed by atoms with E-state index in [2.05, 4.69) is 12.6 Å². The average molecular weight is 305 g/mol. The molecule has 1 fully saturated rings. The normalized spacial score (nSPS) is 28.5. The Kier molecular flexibility index (Phi) is 3.93. The van der Waals surface area contributed by atoms with Crippen LogP contribution in [0, 0.1) is 5.92 Å². The minimum absolute atomic E-state index is 0.0571. The molecule has 0 aliphatic carbocycles. The Morgan fingerprint density at radius 3 is 2.81 bits per heavy atom. The number of hydrogen-bond acceptors (Lipinski definition) is 3. The summed E-state index contributed by atoms with van der Waals surface area (Å²) in [4.78, 5) is 26.0. The summed E-state index contributed by atoms with van der Waals surface area (Å²) in [5.41, 5.74) is 2.27. The van der Waals surface area contributed by atoms with Crippen LogP contribution in [0.2, 0.25) is 0 Å². The molecule has 1 saturated heterocycles. The van der Waals surface area contributed by atoms with Gasteiger partial charge >= 0.3 is 5.97 Å². The monoisotopic (exact) mass is 305 g/mol. The minimum Gasteiger partial charge on any atom is -0.480 e. The van der Waals surface area contributed by atoms with Crippen LogP contribution in [0.5, 0.6) is 0 Å². The van der Waals surface area contributed by atoms with Crippen LogP contribution in [0.15, 0.2) is 24.3 Å². The summed E-state index contributed by atoms with van der Waals surface area (Å²) in [6.07, 6.45) is 2.87. The van der Waals surface area contributed by atoms with Gasteiger partial charge in [-0.05, 0) is 36.8 Å². The SMILES string of the molecule is O=C(O)[C@@H]1CCCC2c3ccccc3C[C@@H](CS)C(=O)N21. The van der Waals surface area contributed by atoms with Crippen LogP contribution in [0.4, 0.5) is 0 Å². The fourth-order valence-electron chi connectivity index (χ4n) is 3.61. The molecule has 21 heavy (non-hydrogen) atoms. The third kappa shape index (κ3) is 2.44. The Morgan fingerprint density at radius 2 is 2.10 bits per heavy atom. The first-order chi connectivity index (χ1) is 10.1. The van der Waals surface area contributed by atoms with E-state index in [1.54, 1.807) is 4.90 Å². The number of rotatable bonds is 2. The number of fused-ring (bicyclic) bond motifs is 3. The molecule has 1 amide bonds. The van der Waals surface area contributed by atoms with Crippen LogP contribution in [0.3, 0.4) is 0 Å². The van der Waals surface area contributed by atoms with Crippen molar-refractivity contribution in [2.24, 2.45) is 5.92 Å². The summed E-state index contributed by atoms with van der Waals surface area (Å²) in [6.45, 7) is 0. The number of benzene rings is 1. The predicted octanol–water partition coefficient (Wildman–Crippen LogP) is 2.30. The molecule has 1 N–H and O–H groups in total. The molecule has 0 radical (unpaired) electrons. The Balaban J connectivity index is 2.10. The standard InChI is InChI=1S/C16H19NO3S/c18-15-11(9-21)8-10-4-1-2-5-12(10)13-6-3-7-14(16(19)20)17(13)15/h1-2,4-5,11,13-14,21H,3,6-9H2,(H,19,20)/t11-,13?,14-/m0/s1. The summed E-state index contributed by atoms with van der Waals surface area (Å²) >= 11 is 4.31. The number of hydrogen-bond donors (Lipinski definition) is 2. The summed E-state index contributed by atoms with van der Waals surface area (Å²) in [6, 6.07) is 7.22. The molecule has 1 unspecified atom stereocenters. The van der Waals surface area contributed by atoms with Crippen molar-refractivity contribution in [1.82, 2.24) is 4.90 Å². The van der Waals surface area contributed by atoms with Gasteiger partial charge in [0.1, 0.15) is 6.04 Å². The third-order valence-corrected chi connectivity index (χ3v) is 5.06.